The van der Waals surface area contributed by atoms with E-state index < -0.39 is 12.3 Å². The van der Waals surface area contributed by atoms with Crippen LogP contribution in [0, 0.1) is 0 Å². The normalized spacial score (nSPS) is 23.2. The van der Waals surface area contributed by atoms with Crippen LogP contribution in [0.2, 0.25) is 0 Å². The van der Waals surface area contributed by atoms with Gasteiger partial charge >= 0.3 is 0 Å². The minimum Gasteiger partial charge on any atom is -0.497 e. The maximum atomic E-state index is 14.6. The molecule has 4 nitrogen and oxygen atoms in total. The molecule has 1 saturated heterocycles. The van der Waals surface area contributed by atoms with Gasteiger partial charge in [0.2, 0.25) is 0 Å². The number of rotatable bonds is 7. The summed E-state index contributed by atoms with van der Waals surface area (Å²) in [6.07, 6.45) is 0.0518. The van der Waals surface area contributed by atoms with E-state index in [4.69, 9.17) is 9.47 Å². The molecule has 0 radical (unpaired) electrons. The van der Waals surface area contributed by atoms with Gasteiger partial charge in [-0.1, -0.05) is 18.2 Å². The Bertz CT molecular complexity index is 877. The Kier molecular flexibility index (Phi) is 7.63. The molecule has 1 fully saturated rings. The maximum absolute atomic E-state index is 14.6. The average molecular weight is 445 g/mol. The molecule has 6 heteroatoms. The third kappa shape index (κ3) is 5.78. The molecule has 174 valence electrons. The summed E-state index contributed by atoms with van der Waals surface area (Å²) in [4.78, 5) is 4.32. The van der Waals surface area contributed by atoms with E-state index in [1.54, 1.807) is 7.11 Å². The molecule has 0 spiro atoms. The zero-order chi connectivity index (χ0) is 22.5. The lowest BCUT2D eigenvalue weighted by atomic mass is 9.84. The molecule has 2 aliphatic rings. The highest BCUT2D eigenvalue weighted by Gasteiger charge is 2.25. The molecule has 0 bridgehead atoms. The van der Waals surface area contributed by atoms with Crippen molar-refractivity contribution in [3.05, 3.63) is 59.2 Å². The molecule has 4 rings (SSSR count). The second kappa shape index (κ2) is 10.6. The third-order valence-electron chi connectivity index (χ3n) is 6.58. The molecule has 2 aliphatic heterocycles. The first kappa shape index (κ1) is 23.0. The number of likely N-dealkylation sites (tertiary alicyclic amines) is 1. The van der Waals surface area contributed by atoms with Crippen LogP contribution in [0.4, 0.5) is 8.78 Å². The van der Waals surface area contributed by atoms with Crippen molar-refractivity contribution in [2.24, 2.45) is 0 Å². The number of halogens is 2. The summed E-state index contributed by atoms with van der Waals surface area (Å²) in [6.45, 7) is 3.50. The van der Waals surface area contributed by atoms with Gasteiger partial charge in [-0.05, 0) is 73.8 Å². The van der Waals surface area contributed by atoms with Crippen molar-refractivity contribution in [3.63, 3.8) is 0 Å². The molecule has 2 aromatic rings. The Morgan fingerprint density at radius 1 is 1.06 bits per heavy atom. The molecular formula is C26H34F2N2O2. The van der Waals surface area contributed by atoms with Gasteiger partial charge in [0.15, 0.2) is 0 Å². The number of likely N-dealkylation sites (N-methyl/N-ethyl adjacent to an activating group) is 1. The number of methoxy groups -OCH3 is 1. The van der Waals surface area contributed by atoms with E-state index in [-0.39, 0.29) is 12.5 Å². The van der Waals surface area contributed by atoms with E-state index in [2.05, 4.69) is 30.1 Å². The van der Waals surface area contributed by atoms with Gasteiger partial charge in [-0.25, -0.2) is 8.78 Å². The Labute approximate surface area is 190 Å². The fraction of sp³-hybridized carbons (Fsp3) is 0.538. The SMILES string of the molecule is COc1ccc(C2CN(C)Cc3cc(OCC(F)CN4CCCC(F)CC4)ccc32)cc1. The number of benzene rings is 2. The van der Waals surface area contributed by atoms with Crippen LogP contribution in [-0.4, -0.2) is 69.1 Å². The van der Waals surface area contributed by atoms with Crippen LogP contribution in [0.1, 0.15) is 41.9 Å². The molecule has 0 N–H and O–H groups in total. The van der Waals surface area contributed by atoms with Gasteiger partial charge in [-0.15, -0.1) is 0 Å². The van der Waals surface area contributed by atoms with Crippen molar-refractivity contribution in [2.75, 3.05) is 46.9 Å². The summed E-state index contributed by atoms with van der Waals surface area (Å²) in [5.41, 5.74) is 3.76. The van der Waals surface area contributed by atoms with Crippen LogP contribution < -0.4 is 9.47 Å². The first-order valence-corrected chi connectivity index (χ1v) is 11.6. The van der Waals surface area contributed by atoms with Gasteiger partial charge in [0.25, 0.3) is 0 Å². The summed E-state index contributed by atoms with van der Waals surface area (Å²) in [5.74, 6) is 1.84. The Morgan fingerprint density at radius 2 is 1.84 bits per heavy atom. The summed E-state index contributed by atoms with van der Waals surface area (Å²) in [5, 5.41) is 0. The molecular weight excluding hydrogens is 410 g/mol. The van der Waals surface area contributed by atoms with Crippen molar-refractivity contribution in [1.29, 1.82) is 0 Å². The minimum absolute atomic E-state index is 0.0199. The van der Waals surface area contributed by atoms with Crippen molar-refractivity contribution in [1.82, 2.24) is 9.80 Å². The second-order valence-corrected chi connectivity index (χ2v) is 9.12. The zero-order valence-corrected chi connectivity index (χ0v) is 19.1. The molecule has 0 aromatic heterocycles. The van der Waals surface area contributed by atoms with Crippen molar-refractivity contribution in [2.45, 2.75) is 44.1 Å². The molecule has 2 heterocycles. The Hall–Kier alpha value is -2.18. The van der Waals surface area contributed by atoms with Crippen LogP contribution in [-0.2, 0) is 6.54 Å². The van der Waals surface area contributed by atoms with E-state index in [9.17, 15) is 8.78 Å². The molecule has 3 atom stereocenters. The number of ether oxygens (including phenoxy) is 2. The Balaban J connectivity index is 1.38. The first-order valence-electron chi connectivity index (χ1n) is 11.6. The van der Waals surface area contributed by atoms with Crippen LogP contribution in [0.3, 0.4) is 0 Å². The van der Waals surface area contributed by atoms with Gasteiger partial charge in [0.1, 0.15) is 30.4 Å². The summed E-state index contributed by atoms with van der Waals surface area (Å²) in [6, 6.07) is 14.4. The standard InChI is InChI=1S/C26H34F2N2O2/c1-29-15-20-14-24(32-18-22(28)16-30-12-3-4-21(27)11-13-30)9-10-25(20)26(17-29)19-5-7-23(31-2)8-6-19/h5-10,14,21-22,26H,3-4,11-13,15-18H2,1-2H3. The summed E-state index contributed by atoms with van der Waals surface area (Å²) in [7, 11) is 3.79. The van der Waals surface area contributed by atoms with Crippen LogP contribution in [0.15, 0.2) is 42.5 Å². The number of alkyl halides is 2. The van der Waals surface area contributed by atoms with Gasteiger partial charge in [-0.3, -0.25) is 0 Å². The summed E-state index contributed by atoms with van der Waals surface area (Å²) >= 11 is 0. The largest absolute Gasteiger partial charge is 0.497 e. The van der Waals surface area contributed by atoms with E-state index in [0.717, 1.165) is 31.8 Å². The fourth-order valence-corrected chi connectivity index (χ4v) is 4.85. The topological polar surface area (TPSA) is 24.9 Å². The smallest absolute Gasteiger partial charge is 0.147 e. The van der Waals surface area contributed by atoms with Gasteiger partial charge in [0, 0.05) is 32.1 Å². The van der Waals surface area contributed by atoms with E-state index >= 15 is 0 Å². The highest BCUT2D eigenvalue weighted by atomic mass is 19.1. The summed E-state index contributed by atoms with van der Waals surface area (Å²) < 4.78 is 39.2. The van der Waals surface area contributed by atoms with Gasteiger partial charge < -0.3 is 19.3 Å². The molecule has 2 aromatic carbocycles. The second-order valence-electron chi connectivity index (χ2n) is 9.12. The number of hydrogen-bond donors (Lipinski definition) is 0. The van der Waals surface area contributed by atoms with E-state index in [1.165, 1.54) is 16.7 Å². The molecule has 0 amide bonds. The average Bonchev–Trinajstić information content (AvgIpc) is 3.00. The van der Waals surface area contributed by atoms with E-state index in [1.807, 2.05) is 29.2 Å². The Morgan fingerprint density at radius 3 is 2.62 bits per heavy atom. The molecule has 32 heavy (non-hydrogen) atoms. The number of hydrogen-bond acceptors (Lipinski definition) is 4. The van der Waals surface area contributed by atoms with Crippen molar-refractivity contribution >= 4 is 0 Å². The predicted molar refractivity (Wildman–Crippen MR) is 123 cm³/mol. The fourth-order valence-electron chi connectivity index (χ4n) is 4.85. The van der Waals surface area contributed by atoms with Crippen LogP contribution >= 0.6 is 0 Å². The molecule has 0 aliphatic carbocycles. The number of nitrogens with zero attached hydrogens (tertiary/aromatic N) is 2. The highest BCUT2D eigenvalue weighted by Crippen LogP contribution is 2.35. The van der Waals surface area contributed by atoms with E-state index in [0.29, 0.717) is 31.7 Å². The lowest BCUT2D eigenvalue weighted by Gasteiger charge is -2.33. The predicted octanol–water partition coefficient (Wildman–Crippen LogP) is 4.81. The van der Waals surface area contributed by atoms with Gasteiger partial charge in [-0.2, -0.15) is 0 Å². The minimum atomic E-state index is -1.09. The monoisotopic (exact) mass is 444 g/mol. The lowest BCUT2D eigenvalue weighted by molar-refractivity contribution is 0.137. The quantitative estimate of drug-likeness (QED) is 0.612. The molecule has 0 saturated carbocycles. The van der Waals surface area contributed by atoms with Crippen LogP contribution in [0.25, 0.3) is 0 Å². The number of fused-ring (bicyclic) bond motifs is 1. The van der Waals surface area contributed by atoms with Crippen LogP contribution in [0.5, 0.6) is 11.5 Å². The zero-order valence-electron chi connectivity index (χ0n) is 19.1. The van der Waals surface area contributed by atoms with Crippen molar-refractivity contribution in [3.8, 4) is 11.5 Å². The molecule has 3 unspecified atom stereocenters. The lowest BCUT2D eigenvalue weighted by Crippen LogP contribution is -2.34. The third-order valence-corrected chi connectivity index (χ3v) is 6.58. The maximum Gasteiger partial charge on any atom is 0.147 e. The first-order chi connectivity index (χ1) is 15.5. The highest BCUT2D eigenvalue weighted by molar-refractivity contribution is 5.45. The van der Waals surface area contributed by atoms with Gasteiger partial charge in [0.05, 0.1) is 7.11 Å². The van der Waals surface area contributed by atoms with Crippen molar-refractivity contribution < 1.29 is 18.3 Å².